The second-order valence-electron chi connectivity index (χ2n) is 5.15. The molecule has 1 aromatic heterocycles. The molecule has 118 valence electrons. The first kappa shape index (κ1) is 16.3. The minimum absolute atomic E-state index is 0.560. The van der Waals surface area contributed by atoms with Crippen LogP contribution in [0.2, 0.25) is 5.02 Å². The van der Waals surface area contributed by atoms with Crippen molar-refractivity contribution in [3.63, 3.8) is 0 Å². The van der Waals surface area contributed by atoms with Crippen LogP contribution in [0.1, 0.15) is 17.0 Å². The van der Waals surface area contributed by atoms with Gasteiger partial charge < -0.3 is 0 Å². The molecule has 0 amide bonds. The van der Waals surface area contributed by atoms with Crippen LogP contribution in [0.25, 0.3) is 5.69 Å². The highest BCUT2D eigenvalue weighted by atomic mass is 35.5. The Kier molecular flexibility index (Phi) is 5.20. The van der Waals surface area contributed by atoms with Gasteiger partial charge in [0.15, 0.2) is 4.77 Å². The van der Waals surface area contributed by atoms with Gasteiger partial charge in [0.25, 0.3) is 0 Å². The second-order valence-corrected chi connectivity index (χ2v) is 6.93. The van der Waals surface area contributed by atoms with Crippen LogP contribution >= 0.6 is 35.6 Å². The third-order valence-corrected chi connectivity index (χ3v) is 5.16. The average molecular weight is 362 g/mol. The van der Waals surface area contributed by atoms with Crippen molar-refractivity contribution in [3.8, 4) is 5.69 Å². The summed E-state index contributed by atoms with van der Waals surface area (Å²) in [5.74, 6) is 2.57. The van der Waals surface area contributed by atoms with Crippen molar-refractivity contribution >= 4 is 35.6 Å². The molecule has 0 aliphatic rings. The van der Waals surface area contributed by atoms with E-state index in [0.29, 0.717) is 9.79 Å². The quantitative estimate of drug-likeness (QED) is 0.624. The number of aromatic amines is 1. The van der Waals surface area contributed by atoms with Crippen LogP contribution in [0.5, 0.6) is 0 Å². The molecule has 1 N–H and O–H groups in total. The van der Waals surface area contributed by atoms with Gasteiger partial charge in [-0.15, -0.1) is 11.8 Å². The molecule has 0 bridgehead atoms. The van der Waals surface area contributed by atoms with Gasteiger partial charge in [0.1, 0.15) is 5.82 Å². The van der Waals surface area contributed by atoms with E-state index >= 15 is 0 Å². The molecule has 0 aliphatic carbocycles. The van der Waals surface area contributed by atoms with E-state index in [1.807, 2.05) is 40.6 Å². The van der Waals surface area contributed by atoms with Crippen LogP contribution in [-0.2, 0) is 11.5 Å². The van der Waals surface area contributed by atoms with E-state index in [2.05, 4.69) is 41.4 Å². The Balaban J connectivity index is 1.79. The van der Waals surface area contributed by atoms with Crippen LogP contribution in [0.15, 0.2) is 48.5 Å². The van der Waals surface area contributed by atoms with Crippen LogP contribution in [0.3, 0.4) is 0 Å². The van der Waals surface area contributed by atoms with Gasteiger partial charge in [-0.05, 0) is 42.4 Å². The number of thioether (sulfide) groups is 1. The molecule has 6 heteroatoms. The summed E-state index contributed by atoms with van der Waals surface area (Å²) in [4.78, 5) is 0. The first-order chi connectivity index (χ1) is 11.2. The summed E-state index contributed by atoms with van der Waals surface area (Å²) in [6.45, 7) is 2.13. The highest BCUT2D eigenvalue weighted by Crippen LogP contribution is 2.24. The summed E-state index contributed by atoms with van der Waals surface area (Å²) < 4.78 is 2.47. The number of aryl methyl sites for hydroxylation is 1. The number of para-hydroxylation sites is 1. The minimum atomic E-state index is 0.560. The van der Waals surface area contributed by atoms with E-state index in [0.717, 1.165) is 23.0 Å². The number of H-pyrrole nitrogens is 1. The Morgan fingerprint density at radius 1 is 1.13 bits per heavy atom. The maximum Gasteiger partial charge on any atom is 0.199 e. The number of nitrogens with one attached hydrogen (secondary N) is 1. The number of rotatable bonds is 5. The van der Waals surface area contributed by atoms with Crippen molar-refractivity contribution in [2.45, 2.75) is 18.4 Å². The summed E-state index contributed by atoms with van der Waals surface area (Å²) in [6, 6.07) is 16.1. The van der Waals surface area contributed by atoms with Crippen LogP contribution in [0, 0.1) is 11.7 Å². The molecule has 1 heterocycles. The van der Waals surface area contributed by atoms with Gasteiger partial charge in [0.05, 0.1) is 16.5 Å². The summed E-state index contributed by atoms with van der Waals surface area (Å²) >= 11 is 13.5. The van der Waals surface area contributed by atoms with Gasteiger partial charge >= 0.3 is 0 Å². The van der Waals surface area contributed by atoms with Crippen LogP contribution in [-0.4, -0.2) is 14.8 Å². The van der Waals surface area contributed by atoms with Crippen LogP contribution < -0.4 is 0 Å². The van der Waals surface area contributed by atoms with E-state index in [1.165, 1.54) is 11.1 Å². The Morgan fingerprint density at radius 3 is 2.65 bits per heavy atom. The lowest BCUT2D eigenvalue weighted by Crippen LogP contribution is -2.01. The lowest BCUT2D eigenvalue weighted by molar-refractivity contribution is 0.949. The van der Waals surface area contributed by atoms with Gasteiger partial charge in [-0.3, -0.25) is 9.67 Å². The van der Waals surface area contributed by atoms with Gasteiger partial charge in [-0.1, -0.05) is 48.0 Å². The topological polar surface area (TPSA) is 33.6 Å². The number of hydrogen-bond acceptors (Lipinski definition) is 3. The van der Waals surface area contributed by atoms with Crippen molar-refractivity contribution in [1.82, 2.24) is 14.8 Å². The standard InChI is InChI=1S/C17H16ClN3S2/c1-12-6-2-3-7-13(12)10-23-11-16-19-20-17(22)21(16)15-9-5-4-8-14(15)18/h2-9H,10-11H2,1H3,(H,20,22). The molecule has 0 radical (unpaired) electrons. The number of hydrogen-bond donors (Lipinski definition) is 1. The molecule has 0 fully saturated rings. The van der Waals surface area contributed by atoms with Crippen molar-refractivity contribution in [3.05, 3.63) is 75.3 Å². The van der Waals surface area contributed by atoms with E-state index in [1.54, 1.807) is 0 Å². The summed E-state index contributed by atoms with van der Waals surface area (Å²) in [6.07, 6.45) is 0. The fraction of sp³-hybridized carbons (Fsp3) is 0.176. The molecule has 0 saturated heterocycles. The fourth-order valence-electron chi connectivity index (χ4n) is 2.33. The van der Waals surface area contributed by atoms with Crippen molar-refractivity contribution in [1.29, 1.82) is 0 Å². The van der Waals surface area contributed by atoms with Gasteiger partial charge in [0.2, 0.25) is 0 Å². The molecular formula is C17H16ClN3S2. The van der Waals surface area contributed by atoms with E-state index in [4.69, 9.17) is 23.8 Å². The maximum atomic E-state index is 6.29. The van der Waals surface area contributed by atoms with Gasteiger partial charge in [-0.2, -0.15) is 5.10 Å². The molecule has 0 saturated carbocycles. The van der Waals surface area contributed by atoms with E-state index in [-0.39, 0.29) is 0 Å². The number of benzene rings is 2. The zero-order chi connectivity index (χ0) is 16.2. The number of halogens is 1. The third kappa shape index (κ3) is 3.68. The molecule has 0 spiro atoms. The number of aromatic nitrogens is 3. The SMILES string of the molecule is Cc1ccccc1CSCc1n[nH]c(=S)n1-c1ccccc1Cl. The summed E-state index contributed by atoms with van der Waals surface area (Å²) in [7, 11) is 0. The Hall–Kier alpha value is -1.56. The third-order valence-electron chi connectivity index (χ3n) is 3.59. The smallest absolute Gasteiger partial charge is 0.199 e. The second kappa shape index (κ2) is 7.34. The van der Waals surface area contributed by atoms with Crippen LogP contribution in [0.4, 0.5) is 0 Å². The lowest BCUT2D eigenvalue weighted by Gasteiger charge is -2.09. The highest BCUT2D eigenvalue weighted by molar-refractivity contribution is 7.97. The van der Waals surface area contributed by atoms with Crippen molar-refractivity contribution in [2.75, 3.05) is 0 Å². The largest absolute Gasteiger partial charge is 0.270 e. The zero-order valence-corrected chi connectivity index (χ0v) is 15.0. The monoisotopic (exact) mass is 361 g/mol. The molecule has 3 aromatic rings. The molecule has 0 unspecified atom stereocenters. The molecule has 0 aliphatic heterocycles. The Bertz CT molecular complexity index is 870. The minimum Gasteiger partial charge on any atom is -0.270 e. The normalized spacial score (nSPS) is 10.9. The predicted octanol–water partition coefficient (Wildman–Crippen LogP) is 5.33. The Morgan fingerprint density at radius 2 is 1.87 bits per heavy atom. The first-order valence-corrected chi connectivity index (χ1v) is 9.14. The number of nitrogens with zero attached hydrogens (tertiary/aromatic N) is 2. The lowest BCUT2D eigenvalue weighted by atomic mass is 10.1. The van der Waals surface area contributed by atoms with E-state index < -0.39 is 0 Å². The first-order valence-electron chi connectivity index (χ1n) is 7.20. The maximum absolute atomic E-state index is 6.29. The van der Waals surface area contributed by atoms with Crippen molar-refractivity contribution in [2.24, 2.45) is 0 Å². The predicted molar refractivity (Wildman–Crippen MR) is 99.9 cm³/mol. The average Bonchev–Trinajstić information content (AvgIpc) is 2.91. The van der Waals surface area contributed by atoms with Gasteiger partial charge in [0, 0.05) is 5.75 Å². The highest BCUT2D eigenvalue weighted by Gasteiger charge is 2.11. The summed E-state index contributed by atoms with van der Waals surface area (Å²) in [5.41, 5.74) is 3.51. The molecule has 3 rings (SSSR count). The Labute approximate surface area is 149 Å². The molecule has 23 heavy (non-hydrogen) atoms. The van der Waals surface area contributed by atoms with E-state index in [9.17, 15) is 0 Å². The summed E-state index contributed by atoms with van der Waals surface area (Å²) in [5, 5.41) is 7.88. The molecule has 3 nitrogen and oxygen atoms in total. The fourth-order valence-corrected chi connectivity index (χ4v) is 3.82. The molecule has 2 aromatic carbocycles. The molecule has 0 atom stereocenters. The van der Waals surface area contributed by atoms with Gasteiger partial charge in [-0.25, -0.2) is 0 Å². The van der Waals surface area contributed by atoms with Crippen molar-refractivity contribution < 1.29 is 0 Å². The molecular weight excluding hydrogens is 346 g/mol. The zero-order valence-electron chi connectivity index (χ0n) is 12.6.